The van der Waals surface area contributed by atoms with Crippen molar-refractivity contribution >= 4 is 133 Å². The summed E-state index contributed by atoms with van der Waals surface area (Å²) < 4.78 is 25.1. The van der Waals surface area contributed by atoms with Crippen molar-refractivity contribution in [1.29, 1.82) is 0 Å². The van der Waals surface area contributed by atoms with Gasteiger partial charge in [0.25, 0.3) is 0 Å². The van der Waals surface area contributed by atoms with E-state index >= 15 is 0 Å². The van der Waals surface area contributed by atoms with Crippen molar-refractivity contribution in [3.8, 4) is 0 Å². The Balaban J connectivity index is 0.000000113. The highest BCUT2D eigenvalue weighted by Gasteiger charge is 2.41. The number of benzene rings is 4. The Labute approximate surface area is 642 Å². The van der Waals surface area contributed by atoms with Crippen molar-refractivity contribution in [2.45, 2.75) is 128 Å². The van der Waals surface area contributed by atoms with E-state index in [-0.39, 0.29) is 25.3 Å². The molecule has 0 unspecified atom stereocenters. The van der Waals surface area contributed by atoms with Crippen molar-refractivity contribution in [3.05, 3.63) is 164 Å². The molecule has 7 aliphatic rings. The number of nitrogens with zero attached hydrogens (tertiary/aromatic N) is 15. The highest BCUT2D eigenvalue weighted by molar-refractivity contribution is 7.19. The number of aromatic nitrogens is 10. The number of carboxylic acid groups (broad SMARTS) is 1. The number of hydrogen-bond donors (Lipinski definition) is 3. The number of para-hydroxylation sites is 4. The second-order valence-corrected chi connectivity index (χ2v) is 35.5. The number of thiazole rings is 4. The number of fused-ring (bicyclic) bond motifs is 8. The molecule has 12 aromatic rings. The summed E-state index contributed by atoms with van der Waals surface area (Å²) in [7, 11) is 0. The number of likely N-dealkylation sites (tertiary alicyclic amines) is 2. The summed E-state index contributed by atoms with van der Waals surface area (Å²) >= 11 is 7.17. The van der Waals surface area contributed by atoms with Crippen LogP contribution >= 0.6 is 45.3 Å². The van der Waals surface area contributed by atoms with Gasteiger partial charge in [0.2, 0.25) is 0 Å². The molecule has 0 spiro atoms. The van der Waals surface area contributed by atoms with E-state index in [0.29, 0.717) is 56.3 Å². The van der Waals surface area contributed by atoms with Crippen molar-refractivity contribution in [1.82, 2.24) is 74.5 Å². The number of carboxylic acids is 1. The fraction of sp³-hybridized carbons (Fsp3) is 0.443. The molecule has 5 fully saturated rings. The van der Waals surface area contributed by atoms with Crippen LogP contribution in [0.15, 0.2) is 122 Å². The molecule has 0 saturated carbocycles. The normalized spacial score (nSPS) is 17.2. The molecule has 5 saturated heterocycles. The van der Waals surface area contributed by atoms with Gasteiger partial charge in [0.1, 0.15) is 43.5 Å². The second-order valence-electron chi connectivity index (χ2n) is 31.3. The van der Waals surface area contributed by atoms with E-state index in [0.717, 1.165) is 122 Å². The summed E-state index contributed by atoms with van der Waals surface area (Å²) in [6.07, 6.45) is 6.18. The monoisotopic (exact) mass is 1530 g/mol. The van der Waals surface area contributed by atoms with Crippen LogP contribution < -0.4 is 20.4 Å². The van der Waals surface area contributed by atoms with Crippen LogP contribution in [-0.2, 0) is 44.7 Å². The Bertz CT molecular complexity index is 5120. The fourth-order valence-corrected chi connectivity index (χ4v) is 18.0. The summed E-state index contributed by atoms with van der Waals surface area (Å²) in [5.74, 6) is 2.98. The standard InChI is InChI=1S/C25H28N6O2S.C20H20N6S.C15H18N2O2S.C10H10N2S.C9H15NO4/c1-25(2,3)33-24(32)29-12-9-17-18(10-13-29)27-21-8-11-26-31(21)23(17)30-14-16(15-30)22-28-19-6-4-5-7-20(19)34-22;1-2-4-17-16(3-1)24-19(27-17)13-11-25(12-13)20-14-5-8-21-9-6-15(14)23-18-7-10-22-26(18)20;1-15(2,3)19-14(18)17-8-10(9-17)13-16-11-6-4-5-7-12(11)20-13;1-2-4-9-8(3-1)12-10(13-9)7-5-11-6-7;1-9(2,3)14-8(13)10-4-6(5-10)7(11)12/h4-8,11,16H,9-10,12-15H2,1-3H3;1-4,7,10,13,21H,5-6,8-9,11-12H2;4-7,10H,8-9H2,1-3H3;1-4,7,11H,5-6H2;6H,4-5H2,1-3H3,(H,11,12). The van der Waals surface area contributed by atoms with E-state index in [1.165, 1.54) is 61.4 Å². The first kappa shape index (κ1) is 74.0. The first-order chi connectivity index (χ1) is 51.9. The average Bonchev–Trinajstić information content (AvgIpc) is 1.45. The molecule has 564 valence electrons. The Hall–Kier alpha value is -9.52. The van der Waals surface area contributed by atoms with Crippen LogP contribution in [0.2, 0.25) is 0 Å². The first-order valence-electron chi connectivity index (χ1n) is 37.1. The molecule has 3 N–H and O–H groups in total. The van der Waals surface area contributed by atoms with E-state index in [2.05, 4.69) is 107 Å². The molecule has 0 bridgehead atoms. The van der Waals surface area contributed by atoms with Crippen molar-refractivity contribution in [3.63, 3.8) is 0 Å². The molecular formula is C79H91N17O8S4. The third-order valence-corrected chi connectivity index (χ3v) is 24.4. The van der Waals surface area contributed by atoms with E-state index < -0.39 is 34.8 Å². The van der Waals surface area contributed by atoms with Gasteiger partial charge in [-0.1, -0.05) is 48.5 Å². The zero-order valence-electron chi connectivity index (χ0n) is 62.3. The number of anilines is 2. The van der Waals surface area contributed by atoms with Gasteiger partial charge in [-0.15, -0.1) is 45.3 Å². The maximum absolute atomic E-state index is 12.7. The number of rotatable bonds is 7. The Kier molecular flexibility index (Phi) is 21.1. The molecule has 108 heavy (non-hydrogen) atoms. The van der Waals surface area contributed by atoms with Crippen LogP contribution in [0.25, 0.3) is 52.2 Å². The van der Waals surface area contributed by atoms with Gasteiger partial charge in [0, 0.05) is 145 Å². The van der Waals surface area contributed by atoms with E-state index in [4.69, 9.17) is 39.3 Å². The van der Waals surface area contributed by atoms with Gasteiger partial charge >= 0.3 is 24.2 Å². The van der Waals surface area contributed by atoms with Gasteiger partial charge in [-0.3, -0.25) is 4.79 Å². The van der Waals surface area contributed by atoms with Gasteiger partial charge in [-0.25, -0.2) is 44.3 Å². The molecule has 8 aromatic heterocycles. The third kappa shape index (κ3) is 16.7. The van der Waals surface area contributed by atoms with Crippen LogP contribution in [0, 0.1) is 5.92 Å². The molecule has 15 heterocycles. The molecule has 0 radical (unpaired) electrons. The Morgan fingerprint density at radius 3 is 1.18 bits per heavy atom. The lowest BCUT2D eigenvalue weighted by Gasteiger charge is -2.41. The van der Waals surface area contributed by atoms with Crippen LogP contribution in [0.4, 0.5) is 26.0 Å². The summed E-state index contributed by atoms with van der Waals surface area (Å²) in [4.78, 5) is 84.9. The number of ether oxygens (including phenoxy) is 3. The minimum Gasteiger partial charge on any atom is -0.481 e. The maximum Gasteiger partial charge on any atom is 0.410 e. The summed E-state index contributed by atoms with van der Waals surface area (Å²) in [5, 5.41) is 29.4. The Morgan fingerprint density at radius 1 is 0.417 bits per heavy atom. The van der Waals surface area contributed by atoms with Crippen LogP contribution in [0.5, 0.6) is 0 Å². The van der Waals surface area contributed by atoms with E-state index in [1.807, 2.05) is 128 Å². The lowest BCUT2D eigenvalue weighted by atomic mass is 9.99. The molecular weight excluding hydrogens is 1440 g/mol. The van der Waals surface area contributed by atoms with Gasteiger partial charge < -0.3 is 54.5 Å². The third-order valence-electron chi connectivity index (χ3n) is 19.6. The molecule has 25 nitrogen and oxygen atoms in total. The highest BCUT2D eigenvalue weighted by Crippen LogP contribution is 2.42. The minimum absolute atomic E-state index is 0.227. The smallest absolute Gasteiger partial charge is 0.410 e. The number of nitrogens with one attached hydrogen (secondary N) is 2. The number of carbonyl (C=O) groups is 4. The van der Waals surface area contributed by atoms with Gasteiger partial charge in [-0.2, -0.15) is 19.2 Å². The van der Waals surface area contributed by atoms with Gasteiger partial charge in [-0.05, 0) is 130 Å². The van der Waals surface area contributed by atoms with Crippen LogP contribution in [0.3, 0.4) is 0 Å². The Morgan fingerprint density at radius 2 is 0.778 bits per heavy atom. The lowest BCUT2D eigenvalue weighted by molar-refractivity contribution is -0.146. The zero-order valence-corrected chi connectivity index (χ0v) is 65.6. The lowest BCUT2D eigenvalue weighted by Crippen LogP contribution is -2.54. The largest absolute Gasteiger partial charge is 0.481 e. The summed E-state index contributed by atoms with van der Waals surface area (Å²) in [6, 6.07) is 37.2. The summed E-state index contributed by atoms with van der Waals surface area (Å²) in [5.41, 5.74) is 9.56. The van der Waals surface area contributed by atoms with Crippen molar-refractivity contribution < 1.29 is 38.5 Å². The molecule has 3 amide bonds. The van der Waals surface area contributed by atoms with Gasteiger partial charge in [0.15, 0.2) is 11.3 Å². The summed E-state index contributed by atoms with van der Waals surface area (Å²) in [6.45, 7) is 27.8. The topological polar surface area (TPSA) is 268 Å². The van der Waals surface area contributed by atoms with Crippen molar-refractivity contribution in [2.24, 2.45) is 5.92 Å². The molecule has 7 aliphatic heterocycles. The second kappa shape index (κ2) is 30.9. The molecule has 0 atom stereocenters. The molecule has 19 rings (SSSR count). The predicted molar refractivity (Wildman–Crippen MR) is 425 cm³/mol. The molecule has 4 aromatic carbocycles. The van der Waals surface area contributed by atoms with E-state index in [9.17, 15) is 19.2 Å². The quantitative estimate of drug-likeness (QED) is 0.125. The van der Waals surface area contributed by atoms with E-state index in [1.54, 1.807) is 53.2 Å². The maximum atomic E-state index is 12.7. The fourth-order valence-electron chi connectivity index (χ4n) is 13.8. The first-order valence-corrected chi connectivity index (χ1v) is 40.3. The number of hydrogen-bond acceptors (Lipinski definition) is 23. The SMILES string of the molecule is CC(C)(C)OC(=O)N1CC(C(=O)O)C1.CC(C)(C)OC(=O)N1CC(c2nc3ccccc3s2)C1.CC(C)(C)OC(=O)N1CCc2nc3ccnn3c(N3CC(c4nc5ccccc5s4)C3)c2CC1.c1ccc2sc(C3CN(c4c5c(nc6ccnn46)CCNCC5)C3)nc2c1.c1ccc2sc(C3CNC3)nc2c1. The average molecular weight is 1530 g/mol. The van der Waals surface area contributed by atoms with Gasteiger partial charge in [0.05, 0.1) is 75.6 Å². The predicted octanol–water partition coefficient (Wildman–Crippen LogP) is 13.5. The number of amides is 3. The van der Waals surface area contributed by atoms with Crippen LogP contribution in [-0.4, -0.2) is 202 Å². The minimum atomic E-state index is -0.857. The number of carbonyl (C=O) groups excluding carboxylic acids is 3. The van der Waals surface area contributed by atoms with Crippen LogP contribution in [0.1, 0.15) is 129 Å². The zero-order chi connectivity index (χ0) is 75.2. The highest BCUT2D eigenvalue weighted by atomic mass is 32.1. The van der Waals surface area contributed by atoms with Crippen molar-refractivity contribution in [2.75, 3.05) is 101 Å². The number of aliphatic carboxylic acids is 1. The molecule has 29 heteroatoms. The molecule has 0 aliphatic carbocycles.